The Morgan fingerprint density at radius 2 is 1.69 bits per heavy atom. The number of rotatable bonds is 7. The van der Waals surface area contributed by atoms with Crippen LogP contribution in [0.2, 0.25) is 0 Å². The van der Waals surface area contributed by atoms with E-state index in [2.05, 4.69) is 40.1 Å². The van der Waals surface area contributed by atoms with Crippen LogP contribution >= 0.6 is 0 Å². The molecule has 1 N–H and O–H groups in total. The van der Waals surface area contributed by atoms with Gasteiger partial charge in [0.15, 0.2) is 0 Å². The third kappa shape index (κ3) is 4.12. The molecule has 0 aliphatic rings. The molecule has 0 bridgehead atoms. The van der Waals surface area contributed by atoms with E-state index in [0.717, 1.165) is 5.92 Å². The molecule has 0 aromatic carbocycles. The Labute approximate surface area is 84.3 Å². The summed E-state index contributed by atoms with van der Waals surface area (Å²) >= 11 is 0. The molecule has 1 nitrogen and oxygen atoms in total. The summed E-state index contributed by atoms with van der Waals surface area (Å²) < 4.78 is 0. The minimum Gasteiger partial charge on any atom is -0.319 e. The molecule has 1 unspecified atom stereocenters. The zero-order valence-electron chi connectivity index (χ0n) is 10.1. The van der Waals surface area contributed by atoms with E-state index in [9.17, 15) is 0 Å². The van der Waals surface area contributed by atoms with Crippen molar-refractivity contribution in [2.24, 2.45) is 11.3 Å². The van der Waals surface area contributed by atoms with Crippen LogP contribution in [0.1, 0.15) is 53.4 Å². The molecule has 0 heterocycles. The van der Waals surface area contributed by atoms with Gasteiger partial charge in [0.05, 0.1) is 0 Å². The molecule has 13 heavy (non-hydrogen) atoms. The Balaban J connectivity index is 4.19. The van der Waals surface area contributed by atoms with Crippen LogP contribution in [0.15, 0.2) is 0 Å². The van der Waals surface area contributed by atoms with Crippen molar-refractivity contribution in [3.63, 3.8) is 0 Å². The van der Waals surface area contributed by atoms with Gasteiger partial charge in [-0.25, -0.2) is 0 Å². The minimum atomic E-state index is 0.546. The van der Waals surface area contributed by atoms with Gasteiger partial charge in [-0.05, 0) is 37.6 Å². The van der Waals surface area contributed by atoms with E-state index >= 15 is 0 Å². The van der Waals surface area contributed by atoms with Crippen molar-refractivity contribution in [3.8, 4) is 0 Å². The molecule has 0 radical (unpaired) electrons. The highest BCUT2D eigenvalue weighted by Gasteiger charge is 2.26. The fourth-order valence-corrected chi connectivity index (χ4v) is 2.12. The number of hydrogen-bond acceptors (Lipinski definition) is 1. The molecule has 0 aromatic heterocycles. The Morgan fingerprint density at radius 1 is 1.15 bits per heavy atom. The maximum atomic E-state index is 3.34. The zero-order valence-corrected chi connectivity index (χ0v) is 10.1. The van der Waals surface area contributed by atoms with Gasteiger partial charge < -0.3 is 5.32 Å². The summed E-state index contributed by atoms with van der Waals surface area (Å²) in [5, 5.41) is 3.34. The van der Waals surface area contributed by atoms with Gasteiger partial charge in [0, 0.05) is 6.54 Å². The molecule has 1 heteroatoms. The maximum absolute atomic E-state index is 3.34. The molecule has 0 amide bonds. The predicted molar refractivity (Wildman–Crippen MR) is 61.0 cm³/mol. The monoisotopic (exact) mass is 185 g/mol. The number of hydrogen-bond donors (Lipinski definition) is 1. The van der Waals surface area contributed by atoms with Crippen LogP contribution in [0, 0.1) is 11.3 Å². The van der Waals surface area contributed by atoms with Gasteiger partial charge in [-0.2, -0.15) is 0 Å². The first kappa shape index (κ1) is 13.0. The van der Waals surface area contributed by atoms with E-state index in [1.165, 1.54) is 32.2 Å². The van der Waals surface area contributed by atoms with E-state index in [4.69, 9.17) is 0 Å². The highest BCUT2D eigenvalue weighted by atomic mass is 14.8. The minimum absolute atomic E-state index is 0.546. The Morgan fingerprint density at radius 3 is 2.00 bits per heavy atom. The summed E-state index contributed by atoms with van der Waals surface area (Å²) in [7, 11) is 2.07. The quantitative estimate of drug-likeness (QED) is 0.640. The van der Waals surface area contributed by atoms with E-state index < -0.39 is 0 Å². The Hall–Kier alpha value is -0.0400. The van der Waals surface area contributed by atoms with Crippen molar-refractivity contribution in [2.45, 2.75) is 53.4 Å². The molecular weight excluding hydrogens is 158 g/mol. The lowest BCUT2D eigenvalue weighted by atomic mass is 9.75. The van der Waals surface area contributed by atoms with Crippen LogP contribution in [-0.4, -0.2) is 13.6 Å². The lowest BCUT2D eigenvalue weighted by molar-refractivity contribution is 0.195. The fourth-order valence-electron chi connectivity index (χ4n) is 2.12. The van der Waals surface area contributed by atoms with E-state index in [-0.39, 0.29) is 0 Å². The van der Waals surface area contributed by atoms with Gasteiger partial charge in [0.25, 0.3) is 0 Å². The topological polar surface area (TPSA) is 12.0 Å². The van der Waals surface area contributed by atoms with Crippen LogP contribution in [0.3, 0.4) is 0 Å². The molecular formula is C12H27N. The van der Waals surface area contributed by atoms with Gasteiger partial charge in [-0.15, -0.1) is 0 Å². The molecule has 80 valence electrons. The van der Waals surface area contributed by atoms with Gasteiger partial charge in [-0.1, -0.05) is 34.1 Å². The van der Waals surface area contributed by atoms with Crippen LogP contribution in [-0.2, 0) is 0 Å². The molecule has 1 atom stereocenters. The summed E-state index contributed by atoms with van der Waals surface area (Å²) in [4.78, 5) is 0. The third-order valence-corrected chi connectivity index (χ3v) is 3.53. The van der Waals surface area contributed by atoms with Crippen molar-refractivity contribution < 1.29 is 0 Å². The highest BCUT2D eigenvalue weighted by molar-refractivity contribution is 4.80. The molecule has 0 rings (SSSR count). The van der Waals surface area contributed by atoms with Crippen molar-refractivity contribution in [2.75, 3.05) is 13.6 Å². The van der Waals surface area contributed by atoms with Gasteiger partial charge in [0.1, 0.15) is 0 Å². The normalized spacial score (nSPS) is 14.5. The van der Waals surface area contributed by atoms with Gasteiger partial charge in [-0.3, -0.25) is 0 Å². The second kappa shape index (κ2) is 6.42. The average Bonchev–Trinajstić information content (AvgIpc) is 2.17. The second-order valence-corrected chi connectivity index (χ2v) is 4.45. The molecule has 0 aliphatic heterocycles. The average molecular weight is 185 g/mol. The van der Waals surface area contributed by atoms with Crippen LogP contribution in [0.25, 0.3) is 0 Å². The van der Waals surface area contributed by atoms with Crippen LogP contribution < -0.4 is 5.32 Å². The molecule has 0 aromatic rings. The maximum Gasteiger partial charge on any atom is 0.000470 e. The Kier molecular flexibility index (Phi) is 6.40. The lowest BCUT2D eigenvalue weighted by Crippen LogP contribution is -2.33. The standard InChI is InChI=1S/C12H27N/c1-6-11(4)9-12(7-2,8-3)10-13-5/h11,13H,6-10H2,1-5H3. The first-order chi connectivity index (χ1) is 6.14. The summed E-state index contributed by atoms with van der Waals surface area (Å²) in [6.45, 7) is 10.5. The van der Waals surface area contributed by atoms with Crippen molar-refractivity contribution in [3.05, 3.63) is 0 Å². The largest absolute Gasteiger partial charge is 0.319 e. The van der Waals surface area contributed by atoms with Crippen LogP contribution in [0.4, 0.5) is 0 Å². The second-order valence-electron chi connectivity index (χ2n) is 4.45. The van der Waals surface area contributed by atoms with Gasteiger partial charge >= 0.3 is 0 Å². The molecule has 0 aliphatic carbocycles. The molecule has 0 fully saturated rings. The van der Waals surface area contributed by atoms with E-state index in [1.54, 1.807) is 0 Å². The summed E-state index contributed by atoms with van der Waals surface area (Å²) in [5.74, 6) is 0.869. The Bertz CT molecular complexity index is 116. The van der Waals surface area contributed by atoms with Gasteiger partial charge in [0.2, 0.25) is 0 Å². The summed E-state index contributed by atoms with van der Waals surface area (Å²) in [6.07, 6.45) is 5.28. The van der Waals surface area contributed by atoms with Crippen molar-refractivity contribution in [1.82, 2.24) is 5.32 Å². The number of nitrogens with one attached hydrogen (secondary N) is 1. The van der Waals surface area contributed by atoms with Crippen molar-refractivity contribution in [1.29, 1.82) is 0 Å². The summed E-state index contributed by atoms with van der Waals surface area (Å²) in [5.41, 5.74) is 0.546. The smallest absolute Gasteiger partial charge is 0.000470 e. The lowest BCUT2D eigenvalue weighted by Gasteiger charge is -2.34. The van der Waals surface area contributed by atoms with E-state index in [1.807, 2.05) is 0 Å². The summed E-state index contributed by atoms with van der Waals surface area (Å²) in [6, 6.07) is 0. The predicted octanol–water partition coefficient (Wildman–Crippen LogP) is 3.45. The van der Waals surface area contributed by atoms with Crippen LogP contribution in [0.5, 0.6) is 0 Å². The van der Waals surface area contributed by atoms with E-state index in [0.29, 0.717) is 5.41 Å². The third-order valence-electron chi connectivity index (χ3n) is 3.53. The molecule has 0 spiro atoms. The zero-order chi connectivity index (χ0) is 10.3. The molecule has 0 saturated heterocycles. The first-order valence-electron chi connectivity index (χ1n) is 5.78. The highest BCUT2D eigenvalue weighted by Crippen LogP contribution is 2.34. The first-order valence-corrected chi connectivity index (χ1v) is 5.78. The van der Waals surface area contributed by atoms with Crippen molar-refractivity contribution >= 4 is 0 Å². The molecule has 0 saturated carbocycles. The SMILES string of the molecule is CCC(C)CC(CC)(CC)CNC. The fraction of sp³-hybridized carbons (Fsp3) is 1.00.